The van der Waals surface area contributed by atoms with E-state index in [0.717, 1.165) is 29.0 Å². The van der Waals surface area contributed by atoms with Gasteiger partial charge in [0.2, 0.25) is 0 Å². The van der Waals surface area contributed by atoms with E-state index in [1.54, 1.807) is 6.33 Å². The van der Waals surface area contributed by atoms with Gasteiger partial charge in [0.25, 0.3) is 0 Å². The summed E-state index contributed by atoms with van der Waals surface area (Å²) >= 11 is 0. The molecule has 92 valence electrons. The highest BCUT2D eigenvalue weighted by atomic mass is 16.5. The third kappa shape index (κ3) is 1.95. The van der Waals surface area contributed by atoms with Crippen molar-refractivity contribution >= 4 is 10.9 Å². The van der Waals surface area contributed by atoms with E-state index in [4.69, 9.17) is 4.74 Å². The molecule has 0 aliphatic rings. The van der Waals surface area contributed by atoms with E-state index in [9.17, 15) is 0 Å². The summed E-state index contributed by atoms with van der Waals surface area (Å²) < 4.78 is 7.56. The smallest absolute Gasteiger partial charge is 0.164 e. The third-order valence-electron chi connectivity index (χ3n) is 2.89. The predicted octanol–water partition coefficient (Wildman–Crippen LogP) is 2.36. The van der Waals surface area contributed by atoms with Gasteiger partial charge in [-0.3, -0.25) is 0 Å². The van der Waals surface area contributed by atoms with E-state index in [2.05, 4.69) is 15.1 Å². The molecule has 0 atom stereocenters. The molecule has 0 bridgehead atoms. The van der Waals surface area contributed by atoms with Crippen LogP contribution in [0.2, 0.25) is 0 Å². The van der Waals surface area contributed by atoms with Crippen molar-refractivity contribution in [3.05, 3.63) is 42.6 Å². The molecule has 5 nitrogen and oxygen atoms in total. The van der Waals surface area contributed by atoms with Crippen molar-refractivity contribution in [2.75, 3.05) is 0 Å². The maximum atomic E-state index is 5.73. The van der Waals surface area contributed by atoms with Crippen molar-refractivity contribution in [1.82, 2.24) is 19.7 Å². The van der Waals surface area contributed by atoms with Gasteiger partial charge in [-0.05, 0) is 31.2 Å². The van der Waals surface area contributed by atoms with Gasteiger partial charge in [0.1, 0.15) is 18.7 Å². The van der Waals surface area contributed by atoms with Gasteiger partial charge in [-0.2, -0.15) is 5.10 Å². The molecule has 0 spiro atoms. The van der Waals surface area contributed by atoms with E-state index >= 15 is 0 Å². The van der Waals surface area contributed by atoms with Crippen molar-refractivity contribution in [3.63, 3.8) is 0 Å². The van der Waals surface area contributed by atoms with Crippen molar-refractivity contribution in [1.29, 1.82) is 0 Å². The molecule has 3 rings (SSSR count). The number of nitrogens with zero attached hydrogens (tertiary/aromatic N) is 3. The Morgan fingerprint density at radius 1 is 1.33 bits per heavy atom. The van der Waals surface area contributed by atoms with Gasteiger partial charge in [0.15, 0.2) is 5.82 Å². The van der Waals surface area contributed by atoms with Gasteiger partial charge in [0, 0.05) is 23.6 Å². The number of aromatic nitrogens is 4. The van der Waals surface area contributed by atoms with Crippen molar-refractivity contribution in [2.24, 2.45) is 0 Å². The van der Waals surface area contributed by atoms with Crippen molar-refractivity contribution in [3.8, 4) is 5.75 Å². The summed E-state index contributed by atoms with van der Waals surface area (Å²) in [6.45, 7) is 3.27. The topological polar surface area (TPSA) is 55.7 Å². The van der Waals surface area contributed by atoms with E-state index in [-0.39, 0.29) is 0 Å². The number of H-pyrrole nitrogens is 1. The van der Waals surface area contributed by atoms with Crippen LogP contribution in [0.15, 0.2) is 36.8 Å². The molecule has 5 heteroatoms. The standard InChI is InChI=1S/C13H14N4O/c1-2-17-13(15-9-16-17)8-18-11-3-4-12-10(7-11)5-6-14-12/h3-7,9,14H,2,8H2,1H3. The number of nitrogens with one attached hydrogen (secondary N) is 1. The lowest BCUT2D eigenvalue weighted by molar-refractivity contribution is 0.287. The zero-order valence-electron chi connectivity index (χ0n) is 10.1. The van der Waals surface area contributed by atoms with E-state index in [1.807, 2.05) is 42.1 Å². The normalized spacial score (nSPS) is 10.9. The second-order valence-corrected chi connectivity index (χ2v) is 4.01. The fourth-order valence-electron chi connectivity index (χ4n) is 1.93. The summed E-state index contributed by atoms with van der Waals surface area (Å²) in [6, 6.07) is 8.00. The van der Waals surface area contributed by atoms with E-state index < -0.39 is 0 Å². The average Bonchev–Trinajstić information content (AvgIpc) is 3.04. The summed E-state index contributed by atoms with van der Waals surface area (Å²) in [4.78, 5) is 7.33. The van der Waals surface area contributed by atoms with Crippen LogP contribution in [-0.2, 0) is 13.2 Å². The number of aromatic amines is 1. The van der Waals surface area contributed by atoms with E-state index in [0.29, 0.717) is 6.61 Å². The second-order valence-electron chi connectivity index (χ2n) is 4.01. The maximum Gasteiger partial charge on any atom is 0.164 e. The first-order chi connectivity index (χ1) is 8.86. The fourth-order valence-corrected chi connectivity index (χ4v) is 1.93. The quantitative estimate of drug-likeness (QED) is 0.764. The Labute approximate surface area is 104 Å². The van der Waals surface area contributed by atoms with Crippen LogP contribution in [-0.4, -0.2) is 19.7 Å². The first-order valence-corrected chi connectivity index (χ1v) is 5.93. The van der Waals surface area contributed by atoms with E-state index in [1.165, 1.54) is 0 Å². The summed E-state index contributed by atoms with van der Waals surface area (Å²) in [7, 11) is 0. The fraction of sp³-hybridized carbons (Fsp3) is 0.231. The molecule has 18 heavy (non-hydrogen) atoms. The van der Waals surface area contributed by atoms with Crippen LogP contribution in [0.3, 0.4) is 0 Å². The Morgan fingerprint density at radius 3 is 3.17 bits per heavy atom. The van der Waals surface area contributed by atoms with Crippen LogP contribution < -0.4 is 4.74 Å². The summed E-state index contributed by atoms with van der Waals surface area (Å²) in [5.41, 5.74) is 1.11. The number of rotatable bonds is 4. The lowest BCUT2D eigenvalue weighted by atomic mass is 10.2. The molecule has 0 aliphatic carbocycles. The van der Waals surface area contributed by atoms with Crippen LogP contribution >= 0.6 is 0 Å². The summed E-state index contributed by atoms with van der Waals surface area (Å²) in [6.07, 6.45) is 3.47. The van der Waals surface area contributed by atoms with Gasteiger partial charge in [-0.25, -0.2) is 9.67 Å². The second kappa shape index (κ2) is 4.52. The van der Waals surface area contributed by atoms with Gasteiger partial charge >= 0.3 is 0 Å². The molecule has 1 aromatic carbocycles. The zero-order valence-corrected chi connectivity index (χ0v) is 10.1. The van der Waals surface area contributed by atoms with Crippen molar-refractivity contribution in [2.45, 2.75) is 20.1 Å². The Balaban J connectivity index is 1.76. The molecule has 1 N–H and O–H groups in total. The molecule has 0 saturated heterocycles. The first-order valence-electron chi connectivity index (χ1n) is 5.93. The Kier molecular flexibility index (Phi) is 2.72. The van der Waals surface area contributed by atoms with Crippen LogP contribution in [0.25, 0.3) is 10.9 Å². The SMILES string of the molecule is CCn1ncnc1COc1ccc2[nH]ccc2c1. The molecule has 0 saturated carbocycles. The molecule has 0 amide bonds. The lowest BCUT2D eigenvalue weighted by Crippen LogP contribution is -2.07. The minimum absolute atomic E-state index is 0.434. The number of hydrogen-bond donors (Lipinski definition) is 1. The molecule has 2 heterocycles. The number of aryl methyl sites for hydroxylation is 1. The molecule has 0 fully saturated rings. The minimum Gasteiger partial charge on any atom is -0.486 e. The Bertz CT molecular complexity index is 656. The molecule has 0 radical (unpaired) electrons. The van der Waals surface area contributed by atoms with Gasteiger partial charge in [-0.15, -0.1) is 0 Å². The van der Waals surface area contributed by atoms with Crippen molar-refractivity contribution < 1.29 is 4.74 Å². The van der Waals surface area contributed by atoms with Crippen LogP contribution in [0.1, 0.15) is 12.7 Å². The third-order valence-corrected chi connectivity index (χ3v) is 2.89. The zero-order chi connectivity index (χ0) is 12.4. The number of hydrogen-bond acceptors (Lipinski definition) is 3. The highest BCUT2D eigenvalue weighted by Gasteiger charge is 2.04. The maximum absolute atomic E-state index is 5.73. The number of benzene rings is 1. The van der Waals surface area contributed by atoms with Crippen LogP contribution in [0.4, 0.5) is 0 Å². The highest BCUT2D eigenvalue weighted by Crippen LogP contribution is 2.20. The number of fused-ring (bicyclic) bond motifs is 1. The molecule has 2 aromatic heterocycles. The summed E-state index contributed by atoms with van der Waals surface area (Å²) in [5.74, 6) is 1.68. The Hall–Kier alpha value is -2.30. The largest absolute Gasteiger partial charge is 0.486 e. The Morgan fingerprint density at radius 2 is 2.28 bits per heavy atom. The average molecular weight is 242 g/mol. The molecule has 3 aromatic rings. The van der Waals surface area contributed by atoms with Gasteiger partial charge in [-0.1, -0.05) is 0 Å². The number of ether oxygens (including phenoxy) is 1. The predicted molar refractivity (Wildman–Crippen MR) is 68.3 cm³/mol. The highest BCUT2D eigenvalue weighted by molar-refractivity contribution is 5.80. The van der Waals surface area contributed by atoms with Crippen LogP contribution in [0, 0.1) is 0 Å². The molecule has 0 aliphatic heterocycles. The monoisotopic (exact) mass is 242 g/mol. The van der Waals surface area contributed by atoms with Gasteiger partial charge in [0.05, 0.1) is 0 Å². The van der Waals surface area contributed by atoms with Crippen LogP contribution in [0.5, 0.6) is 5.75 Å². The minimum atomic E-state index is 0.434. The molecular formula is C13H14N4O. The van der Waals surface area contributed by atoms with Gasteiger partial charge < -0.3 is 9.72 Å². The first kappa shape index (κ1) is 10.8. The summed E-state index contributed by atoms with van der Waals surface area (Å²) in [5, 5.41) is 5.25. The lowest BCUT2D eigenvalue weighted by Gasteiger charge is -2.06. The molecule has 0 unspecified atom stereocenters. The molecular weight excluding hydrogens is 228 g/mol.